The number of aliphatic hydroxyl groups is 1. The van der Waals surface area contributed by atoms with Crippen LogP contribution in [-0.2, 0) is 6.42 Å². The molecule has 2 atom stereocenters. The second-order valence-electron chi connectivity index (χ2n) is 6.67. The van der Waals surface area contributed by atoms with Gasteiger partial charge in [0.15, 0.2) is 12.2 Å². The molecule has 0 saturated heterocycles. The molecule has 7 heteroatoms. The zero-order valence-corrected chi connectivity index (χ0v) is 14.8. The van der Waals surface area contributed by atoms with Gasteiger partial charge in [-0.05, 0) is 32.4 Å². The highest BCUT2D eigenvalue weighted by molar-refractivity contribution is 6.06. The van der Waals surface area contributed by atoms with E-state index in [0.29, 0.717) is 0 Å². The number of carbonyl (C=O) groups excluding carboxylic acids is 1. The number of Topliss-reactive ketones (excluding diaryl/α,β-unsaturated/α-hetero) is 1. The lowest BCUT2D eigenvalue weighted by atomic mass is 9.90. The number of ether oxygens (including phenoxy) is 1. The van der Waals surface area contributed by atoms with E-state index in [2.05, 4.69) is 0 Å². The van der Waals surface area contributed by atoms with Crippen molar-refractivity contribution in [2.75, 3.05) is 0 Å². The van der Waals surface area contributed by atoms with Crippen LogP contribution >= 0.6 is 0 Å². The lowest BCUT2D eigenvalue weighted by Crippen LogP contribution is -2.36. The number of aromatic hydroxyl groups is 4. The predicted molar refractivity (Wildman–Crippen MR) is 96.4 cm³/mol. The van der Waals surface area contributed by atoms with Crippen molar-refractivity contribution in [1.82, 2.24) is 0 Å². The van der Waals surface area contributed by atoms with E-state index in [1.54, 1.807) is 6.08 Å². The Kier molecular flexibility index (Phi) is 4.72. The second-order valence-corrected chi connectivity index (χ2v) is 6.67. The molecule has 3 rings (SSSR count). The van der Waals surface area contributed by atoms with Crippen LogP contribution in [0.25, 0.3) is 0 Å². The molecule has 0 bridgehead atoms. The summed E-state index contributed by atoms with van der Waals surface area (Å²) in [5, 5.41) is 50.5. The number of allylic oxidation sites excluding steroid dienone is 2. The highest BCUT2D eigenvalue weighted by atomic mass is 16.5. The van der Waals surface area contributed by atoms with Gasteiger partial charge in [0.25, 0.3) is 0 Å². The molecule has 0 aromatic heterocycles. The Hall–Kier alpha value is -3.19. The summed E-state index contributed by atoms with van der Waals surface area (Å²) in [7, 11) is 0. The number of fused-ring (bicyclic) bond motifs is 1. The highest BCUT2D eigenvalue weighted by Crippen LogP contribution is 2.46. The average Bonchev–Trinajstić information content (AvgIpc) is 2.57. The van der Waals surface area contributed by atoms with Crippen LogP contribution < -0.4 is 4.74 Å². The lowest BCUT2D eigenvalue weighted by Gasteiger charge is -2.31. The molecule has 0 radical (unpaired) electrons. The maximum atomic E-state index is 12.7. The third-order valence-electron chi connectivity index (χ3n) is 4.44. The summed E-state index contributed by atoms with van der Waals surface area (Å²) < 4.78 is 5.62. The van der Waals surface area contributed by atoms with E-state index in [9.17, 15) is 30.3 Å². The number of ketones is 1. The van der Waals surface area contributed by atoms with Crippen LogP contribution in [0.2, 0.25) is 0 Å². The molecule has 1 aliphatic heterocycles. The van der Waals surface area contributed by atoms with Gasteiger partial charge in [0, 0.05) is 23.3 Å². The third-order valence-corrected chi connectivity index (χ3v) is 4.44. The molecule has 5 N–H and O–H groups in total. The number of rotatable bonds is 3. The Morgan fingerprint density at radius 1 is 1.11 bits per heavy atom. The van der Waals surface area contributed by atoms with Crippen molar-refractivity contribution in [3.05, 3.63) is 52.6 Å². The minimum atomic E-state index is -1.68. The van der Waals surface area contributed by atoms with Crippen molar-refractivity contribution in [3.63, 3.8) is 0 Å². The molecular formula is C20H20O7. The maximum Gasteiger partial charge on any atom is 0.202 e. The van der Waals surface area contributed by atoms with Crippen molar-refractivity contribution in [3.8, 4) is 28.7 Å². The zero-order valence-electron chi connectivity index (χ0n) is 14.8. The van der Waals surface area contributed by atoms with E-state index in [0.717, 1.165) is 11.6 Å². The molecular weight excluding hydrogens is 352 g/mol. The lowest BCUT2D eigenvalue weighted by molar-refractivity contribution is 0.0202. The Bertz CT molecular complexity index is 942. The Balaban J connectivity index is 2.08. The summed E-state index contributed by atoms with van der Waals surface area (Å²) >= 11 is 0. The molecule has 2 aromatic rings. The largest absolute Gasteiger partial charge is 0.508 e. The van der Waals surface area contributed by atoms with Gasteiger partial charge >= 0.3 is 0 Å². The monoisotopic (exact) mass is 372 g/mol. The van der Waals surface area contributed by atoms with Gasteiger partial charge < -0.3 is 30.3 Å². The highest BCUT2D eigenvalue weighted by Gasteiger charge is 2.41. The molecule has 0 amide bonds. The number of hydrogen-bond acceptors (Lipinski definition) is 7. The van der Waals surface area contributed by atoms with E-state index >= 15 is 0 Å². The van der Waals surface area contributed by atoms with Gasteiger partial charge in [-0.3, -0.25) is 4.79 Å². The van der Waals surface area contributed by atoms with Crippen LogP contribution in [0.1, 0.15) is 41.4 Å². The standard InChI is InChI=1S/C20H20O7/c1-9(2)3-5-11-14(23)8-15-16(17(11)24)18(25)19(26)20(27-15)12-6-4-10(21)7-13(12)22/h3-4,6-8,19-24,26H,5H2,1-2H3. The molecule has 142 valence electrons. The second kappa shape index (κ2) is 6.85. The fourth-order valence-corrected chi connectivity index (χ4v) is 3.00. The number of phenolic OH excluding ortho intramolecular Hbond substituents is 4. The van der Waals surface area contributed by atoms with E-state index in [-0.39, 0.29) is 46.1 Å². The summed E-state index contributed by atoms with van der Waals surface area (Å²) in [5.74, 6) is -2.12. The molecule has 1 heterocycles. The molecule has 2 aromatic carbocycles. The fourth-order valence-electron chi connectivity index (χ4n) is 3.00. The van der Waals surface area contributed by atoms with Gasteiger partial charge in [-0.2, -0.15) is 0 Å². The first-order chi connectivity index (χ1) is 12.7. The Morgan fingerprint density at radius 2 is 1.81 bits per heavy atom. The number of hydrogen-bond donors (Lipinski definition) is 5. The van der Waals surface area contributed by atoms with Crippen molar-refractivity contribution >= 4 is 5.78 Å². The molecule has 2 unspecified atom stereocenters. The summed E-state index contributed by atoms with van der Waals surface area (Å²) in [6.45, 7) is 3.72. The smallest absolute Gasteiger partial charge is 0.202 e. The van der Waals surface area contributed by atoms with Crippen molar-refractivity contribution in [2.45, 2.75) is 32.5 Å². The minimum absolute atomic E-state index is 0.0897. The molecule has 0 fully saturated rings. The van der Waals surface area contributed by atoms with E-state index in [1.165, 1.54) is 18.2 Å². The molecule has 7 nitrogen and oxygen atoms in total. The third kappa shape index (κ3) is 3.29. The van der Waals surface area contributed by atoms with Gasteiger partial charge in [-0.15, -0.1) is 0 Å². The normalized spacial score (nSPS) is 18.6. The van der Waals surface area contributed by atoms with E-state index in [4.69, 9.17) is 4.74 Å². The first kappa shape index (κ1) is 18.6. The zero-order chi connectivity index (χ0) is 19.9. The number of benzene rings is 2. The first-order valence-corrected chi connectivity index (χ1v) is 8.32. The van der Waals surface area contributed by atoms with Crippen LogP contribution in [0.15, 0.2) is 35.9 Å². The summed E-state index contributed by atoms with van der Waals surface area (Å²) in [6, 6.07) is 4.86. The SMILES string of the molecule is CC(C)=CCc1c(O)cc2c(c1O)C(=O)C(O)C(c1ccc(O)cc1O)O2. The van der Waals surface area contributed by atoms with Crippen LogP contribution in [-0.4, -0.2) is 37.4 Å². The van der Waals surface area contributed by atoms with Gasteiger partial charge in [-0.1, -0.05) is 11.6 Å². The molecule has 27 heavy (non-hydrogen) atoms. The Labute approximate surface area is 155 Å². The Morgan fingerprint density at radius 3 is 2.44 bits per heavy atom. The van der Waals surface area contributed by atoms with Crippen LogP contribution in [0, 0.1) is 0 Å². The average molecular weight is 372 g/mol. The van der Waals surface area contributed by atoms with Gasteiger partial charge in [0.1, 0.15) is 34.3 Å². The summed E-state index contributed by atoms with van der Waals surface area (Å²) in [5.41, 5.74) is 1.00. The number of phenols is 4. The van der Waals surface area contributed by atoms with E-state index in [1.807, 2.05) is 13.8 Å². The fraction of sp³-hybridized carbons (Fsp3) is 0.250. The van der Waals surface area contributed by atoms with Crippen LogP contribution in [0.3, 0.4) is 0 Å². The summed E-state index contributed by atoms with van der Waals surface area (Å²) in [4.78, 5) is 12.7. The molecule has 0 spiro atoms. The number of aliphatic hydroxyl groups excluding tert-OH is 1. The van der Waals surface area contributed by atoms with Crippen LogP contribution in [0.5, 0.6) is 28.7 Å². The van der Waals surface area contributed by atoms with Gasteiger partial charge in [0.2, 0.25) is 5.78 Å². The van der Waals surface area contributed by atoms with E-state index < -0.39 is 23.7 Å². The van der Waals surface area contributed by atoms with Crippen molar-refractivity contribution in [1.29, 1.82) is 0 Å². The maximum absolute atomic E-state index is 12.7. The topological polar surface area (TPSA) is 127 Å². The molecule has 0 aliphatic carbocycles. The van der Waals surface area contributed by atoms with Crippen molar-refractivity contribution < 1.29 is 35.1 Å². The molecule has 1 aliphatic rings. The van der Waals surface area contributed by atoms with Crippen molar-refractivity contribution in [2.24, 2.45) is 0 Å². The minimum Gasteiger partial charge on any atom is -0.508 e. The number of carbonyl (C=O) groups is 1. The van der Waals surface area contributed by atoms with Gasteiger partial charge in [0.05, 0.1) is 0 Å². The van der Waals surface area contributed by atoms with Gasteiger partial charge in [-0.25, -0.2) is 0 Å². The van der Waals surface area contributed by atoms with Crippen LogP contribution in [0.4, 0.5) is 0 Å². The summed E-state index contributed by atoms with van der Waals surface area (Å²) in [6.07, 6.45) is -0.949. The predicted octanol–water partition coefficient (Wildman–Crippen LogP) is 2.70. The molecule has 0 saturated carbocycles. The first-order valence-electron chi connectivity index (χ1n) is 8.32. The quantitative estimate of drug-likeness (QED) is 0.524.